The third kappa shape index (κ3) is 1.90. The number of halogens is 1. The Kier molecular flexibility index (Phi) is 3.38. The first kappa shape index (κ1) is 11.7. The summed E-state index contributed by atoms with van der Waals surface area (Å²) in [5, 5.41) is 20.0. The zero-order chi connectivity index (χ0) is 11.7. The predicted octanol–water partition coefficient (Wildman–Crippen LogP) is 1.92. The van der Waals surface area contributed by atoms with Crippen LogP contribution in [-0.4, -0.2) is 16.8 Å². The number of aromatic hydroxyl groups is 1. The van der Waals surface area contributed by atoms with E-state index in [1.165, 1.54) is 0 Å². The molecule has 0 heterocycles. The molecule has 2 rings (SSSR count). The molecule has 1 unspecified atom stereocenters. The van der Waals surface area contributed by atoms with Crippen molar-refractivity contribution in [3.8, 4) is 5.75 Å². The molecule has 1 aliphatic rings. The lowest BCUT2D eigenvalue weighted by atomic mass is 9.89. The minimum Gasteiger partial charge on any atom is -0.506 e. The fourth-order valence-electron chi connectivity index (χ4n) is 2.25. The van der Waals surface area contributed by atoms with Gasteiger partial charge in [-0.3, -0.25) is 0 Å². The molecule has 1 aromatic carbocycles. The number of hydrogen-bond acceptors (Lipinski definition) is 3. The number of hydrogen-bond donors (Lipinski definition) is 3. The van der Waals surface area contributed by atoms with Gasteiger partial charge in [-0.2, -0.15) is 0 Å². The maximum atomic E-state index is 9.91. The van der Waals surface area contributed by atoms with Crippen LogP contribution < -0.4 is 5.73 Å². The summed E-state index contributed by atoms with van der Waals surface area (Å²) in [5.74, 6) is -0.0136. The molecule has 16 heavy (non-hydrogen) atoms. The van der Waals surface area contributed by atoms with Gasteiger partial charge in [-0.25, -0.2) is 0 Å². The van der Waals surface area contributed by atoms with E-state index in [0.717, 1.165) is 36.8 Å². The first-order chi connectivity index (χ1) is 7.65. The van der Waals surface area contributed by atoms with Gasteiger partial charge in [-0.15, -0.1) is 0 Å². The van der Waals surface area contributed by atoms with Crippen molar-refractivity contribution in [2.75, 3.05) is 6.54 Å². The summed E-state index contributed by atoms with van der Waals surface area (Å²) >= 11 is 6.12. The van der Waals surface area contributed by atoms with Gasteiger partial charge in [-0.1, -0.05) is 11.6 Å². The Morgan fingerprint density at radius 1 is 1.38 bits per heavy atom. The van der Waals surface area contributed by atoms with Crippen molar-refractivity contribution in [1.29, 1.82) is 0 Å². The van der Waals surface area contributed by atoms with Crippen molar-refractivity contribution in [3.63, 3.8) is 0 Å². The maximum Gasteiger partial charge on any atom is 0.140 e. The molecule has 3 nitrogen and oxygen atoms in total. The minimum absolute atomic E-state index is 0.0136. The van der Waals surface area contributed by atoms with E-state index in [-0.39, 0.29) is 12.3 Å². The number of aryl methyl sites for hydroxylation is 1. The topological polar surface area (TPSA) is 66.5 Å². The lowest BCUT2D eigenvalue weighted by molar-refractivity contribution is 0.182. The van der Waals surface area contributed by atoms with Gasteiger partial charge < -0.3 is 15.9 Å². The standard InChI is InChI=1S/C12H16ClNO2/c13-11-8-4-2-1-3-7(8)5-9(12(11)16)10(15)6-14/h5,10,15-16H,1-4,6,14H2. The van der Waals surface area contributed by atoms with Crippen LogP contribution in [0.1, 0.15) is 35.6 Å². The normalized spacial score (nSPS) is 16.9. The van der Waals surface area contributed by atoms with Crippen LogP contribution in [0.15, 0.2) is 6.07 Å². The van der Waals surface area contributed by atoms with Crippen LogP contribution in [0.5, 0.6) is 5.75 Å². The fraction of sp³-hybridized carbons (Fsp3) is 0.500. The van der Waals surface area contributed by atoms with Crippen molar-refractivity contribution in [3.05, 3.63) is 27.8 Å². The maximum absolute atomic E-state index is 9.91. The van der Waals surface area contributed by atoms with Gasteiger partial charge in [0.05, 0.1) is 11.1 Å². The molecule has 0 spiro atoms. The Morgan fingerprint density at radius 2 is 2.06 bits per heavy atom. The van der Waals surface area contributed by atoms with E-state index < -0.39 is 6.10 Å². The van der Waals surface area contributed by atoms with Crippen molar-refractivity contribution in [2.24, 2.45) is 5.73 Å². The number of aliphatic hydroxyl groups excluding tert-OH is 1. The molecular weight excluding hydrogens is 226 g/mol. The monoisotopic (exact) mass is 241 g/mol. The van der Waals surface area contributed by atoms with Gasteiger partial charge in [0.15, 0.2) is 0 Å². The third-order valence-corrected chi connectivity index (χ3v) is 3.58. The summed E-state index contributed by atoms with van der Waals surface area (Å²) in [6.45, 7) is 0.0860. The number of benzene rings is 1. The summed E-state index contributed by atoms with van der Waals surface area (Å²) in [4.78, 5) is 0. The highest BCUT2D eigenvalue weighted by atomic mass is 35.5. The number of rotatable bonds is 2. The predicted molar refractivity (Wildman–Crippen MR) is 63.8 cm³/mol. The first-order valence-electron chi connectivity index (χ1n) is 5.56. The molecule has 0 saturated carbocycles. The molecule has 0 radical (unpaired) electrons. The largest absolute Gasteiger partial charge is 0.506 e. The summed E-state index contributed by atoms with van der Waals surface area (Å²) < 4.78 is 0. The van der Waals surface area contributed by atoms with Gasteiger partial charge in [0, 0.05) is 12.1 Å². The third-order valence-electron chi connectivity index (χ3n) is 3.17. The van der Waals surface area contributed by atoms with Crippen molar-refractivity contribution < 1.29 is 10.2 Å². The van der Waals surface area contributed by atoms with Crippen LogP contribution in [0, 0.1) is 0 Å². The average Bonchev–Trinajstić information content (AvgIpc) is 2.33. The molecule has 0 aromatic heterocycles. The van der Waals surface area contributed by atoms with Crippen LogP contribution in [0.4, 0.5) is 0 Å². The molecule has 4 heteroatoms. The van der Waals surface area contributed by atoms with Gasteiger partial charge >= 0.3 is 0 Å². The minimum atomic E-state index is -0.843. The van der Waals surface area contributed by atoms with Crippen LogP contribution in [0.2, 0.25) is 5.02 Å². The Hall–Kier alpha value is -0.770. The average molecular weight is 242 g/mol. The summed E-state index contributed by atoms with van der Waals surface area (Å²) in [7, 11) is 0. The highest BCUT2D eigenvalue weighted by Crippen LogP contribution is 2.39. The van der Waals surface area contributed by atoms with E-state index >= 15 is 0 Å². The van der Waals surface area contributed by atoms with E-state index in [1.54, 1.807) is 0 Å². The molecule has 4 N–H and O–H groups in total. The molecule has 0 amide bonds. The smallest absolute Gasteiger partial charge is 0.140 e. The zero-order valence-electron chi connectivity index (χ0n) is 9.04. The molecule has 1 aromatic rings. The molecule has 0 saturated heterocycles. The Labute approximate surface area is 99.8 Å². The van der Waals surface area contributed by atoms with Crippen LogP contribution >= 0.6 is 11.6 Å². The number of phenolic OH excluding ortho intramolecular Hbond substituents is 1. The SMILES string of the molecule is NCC(O)c1cc2c(c(Cl)c1O)CCCC2. The Bertz CT molecular complexity index is 406. The van der Waals surface area contributed by atoms with E-state index in [4.69, 9.17) is 17.3 Å². The number of nitrogens with two attached hydrogens (primary N) is 1. The first-order valence-corrected chi connectivity index (χ1v) is 5.94. The highest BCUT2D eigenvalue weighted by molar-refractivity contribution is 6.33. The summed E-state index contributed by atoms with van der Waals surface area (Å²) in [6, 6.07) is 1.84. The molecule has 1 atom stereocenters. The summed E-state index contributed by atoms with van der Waals surface area (Å²) in [6.07, 6.45) is 3.25. The van der Waals surface area contributed by atoms with Crippen LogP contribution in [0.3, 0.4) is 0 Å². The number of fused-ring (bicyclic) bond motifs is 1. The van der Waals surface area contributed by atoms with E-state index in [2.05, 4.69) is 0 Å². The van der Waals surface area contributed by atoms with E-state index in [0.29, 0.717) is 10.6 Å². The molecule has 0 aliphatic heterocycles. The van der Waals surface area contributed by atoms with Crippen molar-refractivity contribution >= 4 is 11.6 Å². The van der Waals surface area contributed by atoms with Gasteiger partial charge in [-0.05, 0) is 42.9 Å². The molecule has 88 valence electrons. The fourth-order valence-corrected chi connectivity index (χ4v) is 2.57. The Balaban J connectivity index is 2.52. The lowest BCUT2D eigenvalue weighted by Crippen LogP contribution is -2.13. The Morgan fingerprint density at radius 3 is 2.75 bits per heavy atom. The zero-order valence-corrected chi connectivity index (χ0v) is 9.80. The molecular formula is C12H16ClNO2. The van der Waals surface area contributed by atoms with E-state index in [1.807, 2.05) is 6.07 Å². The van der Waals surface area contributed by atoms with Gasteiger partial charge in [0.2, 0.25) is 0 Å². The second-order valence-corrected chi connectivity index (χ2v) is 4.60. The molecule has 0 bridgehead atoms. The molecule has 1 aliphatic carbocycles. The van der Waals surface area contributed by atoms with Gasteiger partial charge in [0.25, 0.3) is 0 Å². The van der Waals surface area contributed by atoms with E-state index in [9.17, 15) is 10.2 Å². The van der Waals surface area contributed by atoms with Gasteiger partial charge in [0.1, 0.15) is 5.75 Å². The van der Waals surface area contributed by atoms with Crippen LogP contribution in [0.25, 0.3) is 0 Å². The number of phenols is 1. The quantitative estimate of drug-likeness (QED) is 0.741. The van der Waals surface area contributed by atoms with Crippen LogP contribution in [-0.2, 0) is 12.8 Å². The second-order valence-electron chi connectivity index (χ2n) is 4.22. The second kappa shape index (κ2) is 4.62. The summed E-state index contributed by atoms with van der Waals surface area (Å²) in [5.41, 5.74) is 8.01. The lowest BCUT2D eigenvalue weighted by Gasteiger charge is -2.21. The highest BCUT2D eigenvalue weighted by Gasteiger charge is 2.21. The van der Waals surface area contributed by atoms with Crippen molar-refractivity contribution in [2.45, 2.75) is 31.8 Å². The van der Waals surface area contributed by atoms with Crippen molar-refractivity contribution in [1.82, 2.24) is 0 Å². The molecule has 0 fully saturated rings. The number of aliphatic hydroxyl groups is 1.